The Kier molecular flexibility index (Phi) is 4.49. The predicted octanol–water partition coefficient (Wildman–Crippen LogP) is 4.74. The summed E-state index contributed by atoms with van der Waals surface area (Å²) in [6.07, 6.45) is 5.41. The second-order valence-corrected chi connectivity index (χ2v) is 5.74. The Morgan fingerprint density at radius 3 is 2.50 bits per heavy atom. The van der Waals surface area contributed by atoms with Crippen LogP contribution in [0.1, 0.15) is 22.8 Å². The van der Waals surface area contributed by atoms with E-state index in [-0.39, 0.29) is 11.7 Å². The third kappa shape index (κ3) is 3.39. The summed E-state index contributed by atoms with van der Waals surface area (Å²) in [5, 5.41) is 15.1. The maximum Gasteiger partial charge on any atom is 0.243 e. The molecule has 0 radical (unpaired) electrons. The van der Waals surface area contributed by atoms with E-state index in [0.717, 1.165) is 11.1 Å². The Morgan fingerprint density at radius 2 is 1.83 bits per heavy atom. The Balaban J connectivity index is 2.05. The Morgan fingerprint density at radius 1 is 1.12 bits per heavy atom. The van der Waals surface area contributed by atoms with E-state index in [9.17, 15) is 9.90 Å². The highest BCUT2D eigenvalue weighted by molar-refractivity contribution is 6.30. The fraction of sp³-hybridized carbons (Fsp3) is 0.0526. The molecule has 0 bridgehead atoms. The van der Waals surface area contributed by atoms with Crippen LogP contribution in [0.3, 0.4) is 0 Å². The molecule has 2 aromatic carbocycles. The summed E-state index contributed by atoms with van der Waals surface area (Å²) in [4.78, 5) is 11.6. The van der Waals surface area contributed by atoms with Crippen LogP contribution >= 0.6 is 11.6 Å². The van der Waals surface area contributed by atoms with E-state index in [1.54, 1.807) is 24.4 Å². The molecule has 0 saturated carbocycles. The zero-order valence-electron chi connectivity index (χ0n) is 13.0. The van der Waals surface area contributed by atoms with Crippen molar-refractivity contribution in [3.05, 3.63) is 70.9 Å². The summed E-state index contributed by atoms with van der Waals surface area (Å²) in [6, 6.07) is 14.3. The number of nitrogens with zero attached hydrogens (tertiary/aromatic N) is 2. The van der Waals surface area contributed by atoms with Crippen molar-refractivity contribution in [2.75, 3.05) is 0 Å². The van der Waals surface area contributed by atoms with Crippen LogP contribution in [0.15, 0.2) is 54.7 Å². The van der Waals surface area contributed by atoms with Gasteiger partial charge in [0.25, 0.3) is 0 Å². The fourth-order valence-corrected chi connectivity index (χ4v) is 2.44. The van der Waals surface area contributed by atoms with Crippen LogP contribution in [-0.2, 0) is 0 Å². The van der Waals surface area contributed by atoms with E-state index in [1.165, 1.54) is 11.6 Å². The van der Waals surface area contributed by atoms with Crippen LogP contribution in [0.5, 0.6) is 5.75 Å². The molecule has 0 spiro atoms. The number of benzene rings is 2. The van der Waals surface area contributed by atoms with Gasteiger partial charge in [0.2, 0.25) is 5.91 Å². The molecular formula is C19H15ClN2O2. The third-order valence-corrected chi connectivity index (χ3v) is 3.80. The van der Waals surface area contributed by atoms with E-state index in [0.29, 0.717) is 16.3 Å². The number of rotatable bonds is 3. The first-order valence-corrected chi connectivity index (χ1v) is 7.75. The second kappa shape index (κ2) is 6.72. The average Bonchev–Trinajstić information content (AvgIpc) is 2.99. The lowest BCUT2D eigenvalue weighted by Gasteiger charge is -2.02. The summed E-state index contributed by atoms with van der Waals surface area (Å²) < 4.78 is 1.27. The highest BCUT2D eigenvalue weighted by Gasteiger charge is 2.14. The number of phenols is 1. The first kappa shape index (κ1) is 16.0. The van der Waals surface area contributed by atoms with Crippen molar-refractivity contribution < 1.29 is 9.90 Å². The van der Waals surface area contributed by atoms with Crippen molar-refractivity contribution in [3.63, 3.8) is 0 Å². The first-order chi connectivity index (χ1) is 11.5. The zero-order chi connectivity index (χ0) is 17.1. The first-order valence-electron chi connectivity index (χ1n) is 7.37. The van der Waals surface area contributed by atoms with Gasteiger partial charge in [0, 0.05) is 29.3 Å². The van der Waals surface area contributed by atoms with Gasteiger partial charge in [0.05, 0.1) is 0 Å². The van der Waals surface area contributed by atoms with Crippen LogP contribution < -0.4 is 0 Å². The monoisotopic (exact) mass is 338 g/mol. The molecule has 0 aliphatic rings. The number of carbonyl (C=O) groups is 1. The molecule has 1 aromatic heterocycles. The maximum absolute atomic E-state index is 11.6. The van der Waals surface area contributed by atoms with Crippen LogP contribution in [-0.4, -0.2) is 20.8 Å². The van der Waals surface area contributed by atoms with Crippen LogP contribution in [0.2, 0.25) is 5.02 Å². The number of hydrogen-bond donors (Lipinski definition) is 1. The van der Waals surface area contributed by atoms with Gasteiger partial charge < -0.3 is 5.11 Å². The fourth-order valence-electron chi connectivity index (χ4n) is 2.31. The lowest BCUT2D eigenvalue weighted by Crippen LogP contribution is -2.05. The number of halogens is 1. The summed E-state index contributed by atoms with van der Waals surface area (Å²) in [5.74, 6) is -0.0785. The quantitative estimate of drug-likeness (QED) is 0.750. The standard InChI is InChI=1S/C19H15ClN2O2/c1-13(23)22-12-15(9-6-14-7-10-16(20)11-8-14)19(21-22)17-4-2-3-5-18(17)24/h2-12,24H,1H3/b9-6-. The van der Waals surface area contributed by atoms with Gasteiger partial charge >= 0.3 is 0 Å². The molecule has 0 saturated heterocycles. The average molecular weight is 339 g/mol. The van der Waals surface area contributed by atoms with Crippen LogP contribution in [0.4, 0.5) is 0 Å². The molecule has 3 aromatic rings. The van der Waals surface area contributed by atoms with Gasteiger partial charge in [-0.05, 0) is 29.8 Å². The molecule has 0 aliphatic carbocycles. The van der Waals surface area contributed by atoms with Crippen molar-refractivity contribution in [3.8, 4) is 17.0 Å². The Hall–Kier alpha value is -2.85. The smallest absolute Gasteiger partial charge is 0.243 e. The second-order valence-electron chi connectivity index (χ2n) is 5.30. The van der Waals surface area contributed by atoms with Crippen molar-refractivity contribution in [1.82, 2.24) is 9.78 Å². The van der Waals surface area contributed by atoms with Gasteiger partial charge in [-0.3, -0.25) is 4.79 Å². The molecule has 4 nitrogen and oxygen atoms in total. The van der Waals surface area contributed by atoms with Crippen molar-refractivity contribution in [2.45, 2.75) is 6.92 Å². The number of carbonyl (C=O) groups excluding carboxylic acids is 1. The van der Waals surface area contributed by atoms with E-state index in [2.05, 4.69) is 5.10 Å². The summed E-state index contributed by atoms with van der Waals surface area (Å²) in [5.41, 5.74) is 2.83. The van der Waals surface area contributed by atoms with E-state index < -0.39 is 0 Å². The number of para-hydroxylation sites is 1. The third-order valence-electron chi connectivity index (χ3n) is 3.55. The number of phenolic OH excluding ortho intramolecular Hbond substituents is 1. The molecule has 24 heavy (non-hydrogen) atoms. The zero-order valence-corrected chi connectivity index (χ0v) is 13.7. The molecule has 1 N–H and O–H groups in total. The van der Waals surface area contributed by atoms with E-state index in [4.69, 9.17) is 11.6 Å². The number of aromatic hydroxyl groups is 1. The number of aromatic nitrogens is 2. The molecule has 0 unspecified atom stereocenters. The lowest BCUT2D eigenvalue weighted by atomic mass is 10.1. The molecule has 120 valence electrons. The Bertz CT molecular complexity index is 911. The molecule has 1 heterocycles. The molecule has 0 atom stereocenters. The molecular weight excluding hydrogens is 324 g/mol. The van der Waals surface area contributed by atoms with Crippen LogP contribution in [0.25, 0.3) is 23.4 Å². The van der Waals surface area contributed by atoms with Crippen molar-refractivity contribution in [2.24, 2.45) is 0 Å². The molecule has 5 heteroatoms. The minimum atomic E-state index is -0.196. The predicted molar refractivity (Wildman–Crippen MR) is 96.0 cm³/mol. The normalized spacial score (nSPS) is 11.1. The summed E-state index contributed by atoms with van der Waals surface area (Å²) in [6.45, 7) is 1.44. The minimum Gasteiger partial charge on any atom is -0.507 e. The van der Waals surface area contributed by atoms with Crippen molar-refractivity contribution in [1.29, 1.82) is 0 Å². The topological polar surface area (TPSA) is 55.1 Å². The van der Waals surface area contributed by atoms with Gasteiger partial charge in [0.15, 0.2) is 0 Å². The Labute approximate surface area is 144 Å². The molecule has 0 aliphatic heterocycles. The van der Waals surface area contributed by atoms with Gasteiger partial charge in [-0.25, -0.2) is 4.68 Å². The van der Waals surface area contributed by atoms with Gasteiger partial charge in [0.1, 0.15) is 11.4 Å². The van der Waals surface area contributed by atoms with Gasteiger partial charge in [-0.15, -0.1) is 0 Å². The highest BCUT2D eigenvalue weighted by atomic mass is 35.5. The summed E-state index contributed by atoms with van der Waals surface area (Å²) >= 11 is 5.89. The maximum atomic E-state index is 11.6. The van der Waals surface area contributed by atoms with Gasteiger partial charge in [-0.1, -0.05) is 48.0 Å². The SMILES string of the molecule is CC(=O)n1cc(/C=C\c2ccc(Cl)cc2)c(-c2ccccc2O)n1. The summed E-state index contributed by atoms with van der Waals surface area (Å²) in [7, 11) is 0. The molecule has 0 fully saturated rings. The number of hydrogen-bond acceptors (Lipinski definition) is 3. The van der Waals surface area contributed by atoms with E-state index in [1.807, 2.05) is 42.5 Å². The largest absolute Gasteiger partial charge is 0.507 e. The minimum absolute atomic E-state index is 0.118. The lowest BCUT2D eigenvalue weighted by molar-refractivity contribution is 0.0921. The molecule has 3 rings (SSSR count). The molecule has 0 amide bonds. The van der Waals surface area contributed by atoms with E-state index >= 15 is 0 Å². The van der Waals surface area contributed by atoms with Crippen LogP contribution in [0, 0.1) is 0 Å². The van der Waals surface area contributed by atoms with Gasteiger partial charge in [-0.2, -0.15) is 5.10 Å². The highest BCUT2D eigenvalue weighted by Crippen LogP contribution is 2.31. The van der Waals surface area contributed by atoms with Crippen molar-refractivity contribution >= 4 is 29.7 Å².